The van der Waals surface area contributed by atoms with Gasteiger partial charge < -0.3 is 39.0 Å². The summed E-state index contributed by atoms with van der Waals surface area (Å²) in [6, 6.07) is 0. The minimum absolute atomic E-state index is 0.00488. The number of hydrogen-bond donors (Lipinski definition) is 3. The summed E-state index contributed by atoms with van der Waals surface area (Å²) in [6.45, 7) is -0.342. The number of anilines is 2. The number of ether oxygens (including phenoxy) is 2. The highest BCUT2D eigenvalue weighted by Crippen LogP contribution is 2.48. The molecule has 19 nitrogen and oxygen atoms in total. The van der Waals surface area contributed by atoms with E-state index < -0.39 is 59.7 Å². The van der Waals surface area contributed by atoms with Gasteiger partial charge in [-0.1, -0.05) is 5.21 Å². The van der Waals surface area contributed by atoms with Crippen molar-refractivity contribution in [1.82, 2.24) is 44.5 Å². The maximum atomic E-state index is 16.1. The molecule has 7 heterocycles. The summed E-state index contributed by atoms with van der Waals surface area (Å²) >= 11 is 0. The highest BCUT2D eigenvalue weighted by atomic mass is 31.1. The van der Waals surface area contributed by atoms with Crippen molar-refractivity contribution in [3.05, 3.63) is 23.0 Å². The van der Waals surface area contributed by atoms with Crippen molar-refractivity contribution in [2.75, 3.05) is 18.1 Å². The molecule has 206 valence electrons. The molecule has 0 spiro atoms. The number of nitrogen functional groups attached to an aromatic ring is 2. The molecule has 0 aliphatic carbocycles. The zero-order valence-corrected chi connectivity index (χ0v) is 21.3. The van der Waals surface area contributed by atoms with E-state index in [9.17, 15) is 9.36 Å². The number of aromatic nitrogens is 9. The molecular formula is C17H18FN11O8P2. The molecule has 7 rings (SSSR count). The molecule has 0 saturated carbocycles. The Hall–Kier alpha value is -3.22. The smallest absolute Gasteiger partial charge is 0.341 e. The zero-order chi connectivity index (χ0) is 26.9. The Morgan fingerprint density at radius 3 is 2.92 bits per heavy atom. The van der Waals surface area contributed by atoms with Crippen LogP contribution in [0, 0.1) is 0 Å². The second-order valence-corrected chi connectivity index (χ2v) is 10.3. The number of halogens is 1. The highest BCUT2D eigenvalue weighted by Gasteiger charge is 2.62. The fourth-order valence-electron chi connectivity index (χ4n) is 4.51. The first-order valence-corrected chi connectivity index (χ1v) is 13.3. The van der Waals surface area contributed by atoms with Crippen LogP contribution in [0.5, 0.6) is 0 Å². The minimum Gasteiger partial charge on any atom is -0.382 e. The molecular weight excluding hydrogens is 567 g/mol. The number of alkyl halides is 1. The van der Waals surface area contributed by atoms with Crippen molar-refractivity contribution in [3.63, 3.8) is 0 Å². The van der Waals surface area contributed by atoms with Gasteiger partial charge >= 0.3 is 14.2 Å². The normalized spacial score (nSPS) is 34.0. The van der Waals surface area contributed by atoms with E-state index in [0.717, 1.165) is 11.0 Å². The fraction of sp³-hybridized carbons (Fsp3) is 0.471. The number of nitrogens with two attached hydrogens (primary N) is 2. The average molecular weight is 585 g/mol. The lowest BCUT2D eigenvalue weighted by atomic mass is 10.1. The van der Waals surface area contributed by atoms with E-state index >= 15 is 4.39 Å². The summed E-state index contributed by atoms with van der Waals surface area (Å²) in [5.41, 5.74) is 11.1. The summed E-state index contributed by atoms with van der Waals surface area (Å²) in [5.74, 6) is -2.78. The third-order valence-corrected chi connectivity index (χ3v) is 7.89. The third-order valence-electron chi connectivity index (χ3n) is 6.29. The van der Waals surface area contributed by atoms with Gasteiger partial charge in [-0.15, -0.1) is 5.10 Å². The van der Waals surface area contributed by atoms with Gasteiger partial charge in [0.2, 0.25) is 5.95 Å². The van der Waals surface area contributed by atoms with E-state index in [1.54, 1.807) is 0 Å². The molecule has 3 saturated heterocycles. The Balaban J connectivity index is 1.15. The predicted molar refractivity (Wildman–Crippen MR) is 127 cm³/mol. The zero-order valence-electron chi connectivity index (χ0n) is 19.3. The van der Waals surface area contributed by atoms with Gasteiger partial charge in [0.15, 0.2) is 55.8 Å². The van der Waals surface area contributed by atoms with Gasteiger partial charge in [0, 0.05) is 6.42 Å². The number of nitrogens with zero attached hydrogens (tertiary/aromatic N) is 8. The quantitative estimate of drug-likeness (QED) is 0.250. The molecule has 3 aliphatic heterocycles. The maximum Gasteiger partial charge on any atom is 0.341 e. The van der Waals surface area contributed by atoms with E-state index in [-0.39, 0.29) is 47.1 Å². The Kier molecular flexibility index (Phi) is 5.83. The van der Waals surface area contributed by atoms with Gasteiger partial charge in [0.1, 0.15) is 18.5 Å². The molecule has 6 unspecified atom stereocenters. The highest BCUT2D eigenvalue weighted by molar-refractivity contribution is 7.33. The topological polar surface area (TPSA) is 245 Å². The molecule has 3 aliphatic rings. The molecule has 4 aromatic heterocycles. The molecule has 22 heteroatoms. The molecule has 0 radical (unpaired) electrons. The van der Waals surface area contributed by atoms with Crippen LogP contribution in [0.25, 0.3) is 22.3 Å². The van der Waals surface area contributed by atoms with E-state index in [1.165, 1.54) is 10.9 Å². The maximum absolute atomic E-state index is 16.1. The standard InChI is InChI=1S/C17H18FN11O8P2/c18-17(29-12-8(26-27-29)11(19)21-3-22-12)10-6(34-17)2-32-39(31)37-5-1-7(35-38-36-10)33-15(5)28-4-23-9-13(28)24-16(20)25-14(9)30/h3-7,10,15,38-39H,1-2H2,(H2,19,21,22)(H3,20,24,25,30)/t5-,6?,7+,10?,15?,17?/m0/s1. The number of hydrogen-bond acceptors (Lipinski definition) is 16. The van der Waals surface area contributed by atoms with Crippen LogP contribution < -0.4 is 17.0 Å². The number of rotatable bonds is 2. The first kappa shape index (κ1) is 24.8. The first-order chi connectivity index (χ1) is 18.8. The summed E-state index contributed by atoms with van der Waals surface area (Å²) in [7, 11) is -3.89. The van der Waals surface area contributed by atoms with Crippen molar-refractivity contribution in [2.24, 2.45) is 0 Å². The van der Waals surface area contributed by atoms with Crippen LogP contribution >= 0.6 is 17.3 Å². The molecule has 3 fully saturated rings. The second kappa shape index (κ2) is 9.17. The fourth-order valence-corrected chi connectivity index (χ4v) is 6.06. The largest absolute Gasteiger partial charge is 0.382 e. The lowest BCUT2D eigenvalue weighted by Crippen LogP contribution is -2.64. The minimum atomic E-state index is -3.16. The van der Waals surface area contributed by atoms with E-state index in [4.69, 9.17) is 39.0 Å². The summed E-state index contributed by atoms with van der Waals surface area (Å²) < 4.78 is 64.8. The monoisotopic (exact) mass is 585 g/mol. The van der Waals surface area contributed by atoms with Crippen LogP contribution in [0.1, 0.15) is 12.6 Å². The van der Waals surface area contributed by atoms with Gasteiger partial charge in [-0.2, -0.15) is 14.1 Å². The van der Waals surface area contributed by atoms with Crippen molar-refractivity contribution in [3.8, 4) is 0 Å². The van der Waals surface area contributed by atoms with E-state index in [1.807, 2.05) is 0 Å². The van der Waals surface area contributed by atoms with Gasteiger partial charge in [0.05, 0.1) is 12.9 Å². The molecule has 0 amide bonds. The van der Waals surface area contributed by atoms with Gasteiger partial charge in [-0.05, 0) is 0 Å². The van der Waals surface area contributed by atoms with Crippen molar-refractivity contribution in [1.29, 1.82) is 0 Å². The van der Waals surface area contributed by atoms with Crippen LogP contribution in [0.3, 0.4) is 0 Å². The van der Waals surface area contributed by atoms with Crippen LogP contribution in [0.2, 0.25) is 0 Å². The molecule has 5 N–H and O–H groups in total. The van der Waals surface area contributed by atoms with E-state index in [2.05, 4.69) is 35.2 Å². The number of nitrogens with one attached hydrogen (secondary N) is 1. The van der Waals surface area contributed by atoms with Crippen LogP contribution in [-0.4, -0.2) is 75.7 Å². The van der Waals surface area contributed by atoms with Crippen LogP contribution in [0.15, 0.2) is 17.4 Å². The molecule has 2 bridgehead atoms. The molecule has 0 aromatic carbocycles. The molecule has 8 atom stereocenters. The van der Waals surface area contributed by atoms with Gasteiger partial charge in [0.25, 0.3) is 5.56 Å². The summed E-state index contributed by atoms with van der Waals surface area (Å²) in [4.78, 5) is 30.5. The molecule has 39 heavy (non-hydrogen) atoms. The number of fused-ring (bicyclic) bond motifs is 5. The Morgan fingerprint density at radius 1 is 1.18 bits per heavy atom. The Labute approximate surface area is 217 Å². The lowest BCUT2D eigenvalue weighted by molar-refractivity contribution is -0.395. The number of H-pyrrole nitrogens is 1. The van der Waals surface area contributed by atoms with Crippen LogP contribution in [-0.2, 0) is 38.1 Å². The van der Waals surface area contributed by atoms with Crippen molar-refractivity contribution >= 4 is 51.4 Å². The lowest BCUT2D eigenvalue weighted by Gasteiger charge is -2.47. The second-order valence-electron chi connectivity index (χ2n) is 8.62. The van der Waals surface area contributed by atoms with Gasteiger partial charge in [-0.25, -0.2) is 15.0 Å². The Bertz CT molecular complexity index is 1670. The predicted octanol–water partition coefficient (Wildman–Crippen LogP) is -0.542. The summed E-state index contributed by atoms with van der Waals surface area (Å²) in [6.07, 6.45) is -2.54. The summed E-state index contributed by atoms with van der Waals surface area (Å²) in [5, 5.41) is 7.59. The van der Waals surface area contributed by atoms with Crippen LogP contribution in [0.4, 0.5) is 16.2 Å². The molecule has 4 aromatic rings. The third kappa shape index (κ3) is 3.99. The number of imidazole rings is 1. The Morgan fingerprint density at radius 2 is 2.05 bits per heavy atom. The van der Waals surface area contributed by atoms with Crippen molar-refractivity contribution < 1.29 is 36.5 Å². The van der Waals surface area contributed by atoms with Gasteiger partial charge in [-0.3, -0.25) is 18.9 Å². The number of aromatic amines is 1. The average Bonchev–Trinajstić information content (AvgIpc) is 3.61. The first-order valence-electron chi connectivity index (χ1n) is 11.3. The SMILES string of the molecule is Nc1nc2c(ncn2C2O[C@H]3C[C@@H]2O[PH](=O)OCC2OC(F)(n4nnc5c(N)ncnc54)C2OPO3)c(=O)[nH]1. The van der Waals surface area contributed by atoms with Crippen molar-refractivity contribution in [2.45, 2.75) is 43.2 Å². The van der Waals surface area contributed by atoms with E-state index in [0.29, 0.717) is 0 Å².